The predicted octanol–water partition coefficient (Wildman–Crippen LogP) is 35.3. The first-order chi connectivity index (χ1) is 50.2. The van der Waals surface area contributed by atoms with Crippen LogP contribution in [-0.4, -0.2) is 0 Å². The number of rotatable bonds is 18. The third-order valence-corrected chi connectivity index (χ3v) is 39.9. The summed E-state index contributed by atoms with van der Waals surface area (Å²) in [5.74, 6) is 0. The summed E-state index contributed by atoms with van der Waals surface area (Å²) in [7, 11) is 0. The van der Waals surface area contributed by atoms with Crippen LogP contribution in [0.5, 0.6) is 0 Å². The van der Waals surface area contributed by atoms with Crippen LogP contribution in [0.15, 0.2) is 193 Å². The van der Waals surface area contributed by atoms with Gasteiger partial charge in [0.2, 0.25) is 0 Å². The summed E-state index contributed by atoms with van der Waals surface area (Å²) in [4.78, 5) is 47.8. The van der Waals surface area contributed by atoms with Crippen molar-refractivity contribution in [3.05, 3.63) is 232 Å². The largest absolute Gasteiger partial charge is 0.151 e. The lowest BCUT2D eigenvalue weighted by molar-refractivity contribution is 1.64. The van der Waals surface area contributed by atoms with Crippen molar-refractivity contribution in [2.24, 2.45) is 0 Å². The molecule has 0 aliphatic rings. The Kier molecular flexibility index (Phi) is 18.3. The number of hydrogen-bond donors (Lipinski definition) is 0. The molecule has 0 N–H and O–H groups in total. The Balaban J connectivity index is 0.742. The van der Waals surface area contributed by atoms with Gasteiger partial charge in [-0.15, -0.1) is 204 Å². The van der Waals surface area contributed by atoms with E-state index in [0.29, 0.717) is 0 Å². The minimum Gasteiger partial charge on any atom is -0.151 e. The third kappa shape index (κ3) is 13.0. The van der Waals surface area contributed by atoms with Gasteiger partial charge in [-0.1, -0.05) is 0 Å². The third-order valence-electron chi connectivity index (χ3n) is 17.8. The SMILES string of the molecule is Cc1ccc(-c2cc(-c3ccc(-c4cc(-c5cscc5-c5cc(-c6ccc(-c7cc(-c8ccc(C)s8)c(-c8ccc(C)s8)s7)s6)c(-c6ccc(-c7cc(-c8ccc(C)s8)c(-c8ccc(C)s8)s7)s6)s5)sc4-c4ccc(-c5cc(-c6ccc(C)s6)c(-c6ccc(C)s6)s5)s4)s3)sc2-c2ccc(C)s2)s1. The first-order valence-corrected chi connectivity index (χ1v) is 48.7. The fraction of sp³-hybridized carbons (Fsp3) is 0.0952. The second kappa shape index (κ2) is 27.8. The van der Waals surface area contributed by atoms with E-state index in [2.05, 4.69) is 248 Å². The maximum atomic E-state index is 2.54. The molecule has 0 aliphatic heterocycles. The molecule has 19 rings (SSSR count). The van der Waals surface area contributed by atoms with Gasteiger partial charge in [0.1, 0.15) is 0 Å². The smallest absolute Gasteiger partial charge is 0.0536 e. The highest BCUT2D eigenvalue weighted by Crippen LogP contribution is 2.59. The standard InChI is InChI=1S/C84H56S19/c1-41-9-17-57(86-41)51-35-75(100-79(51)67-21-13-45(5)90-67)63-27-25-61(94-63)49-33-73(98-83(49)71-31-29-65(96-71)77-37-53(59-19-11-43(3)88-59)81(102-77)69-23-15-47(7)92-69)55-39-85-40-56(55)74-34-50(62-26-28-64(95-62)76-36-52(58-18-10-42(2)87-58)80(101-76)68-22-14-46(6)91-68)84(99-74)72-32-30-66(97-72)78-38-54(60-20-12-44(4)89-60)82(103-78)70-24-16-48(8)93-70/h9-40H,1-8H3. The molecule has 0 aromatic carbocycles. The van der Waals surface area contributed by atoms with Crippen molar-refractivity contribution >= 4 is 215 Å². The quantitative estimate of drug-likeness (QED) is 0.0803. The van der Waals surface area contributed by atoms with Crippen LogP contribution < -0.4 is 0 Å². The molecule has 19 aromatic rings. The van der Waals surface area contributed by atoms with Crippen molar-refractivity contribution in [3.63, 3.8) is 0 Å². The molecule has 0 spiro atoms. The number of aryl methyl sites for hydroxylation is 8. The Morgan fingerprint density at radius 3 is 0.534 bits per heavy atom. The van der Waals surface area contributed by atoms with Gasteiger partial charge in [0, 0.05) is 202 Å². The van der Waals surface area contributed by atoms with Gasteiger partial charge < -0.3 is 0 Å². The van der Waals surface area contributed by atoms with Crippen LogP contribution in [0.2, 0.25) is 0 Å². The van der Waals surface area contributed by atoms with Gasteiger partial charge in [0.05, 0.1) is 29.3 Å². The van der Waals surface area contributed by atoms with Gasteiger partial charge in [-0.05, 0) is 237 Å². The van der Waals surface area contributed by atoms with E-state index in [1.54, 1.807) is 0 Å². The molecule has 0 saturated heterocycles. The van der Waals surface area contributed by atoms with Crippen molar-refractivity contribution in [1.29, 1.82) is 0 Å². The van der Waals surface area contributed by atoms with E-state index in [-0.39, 0.29) is 0 Å². The Bertz CT molecular complexity index is 5370. The normalized spacial score (nSPS) is 11.9. The van der Waals surface area contributed by atoms with Crippen LogP contribution >= 0.6 is 215 Å². The van der Waals surface area contributed by atoms with Crippen LogP contribution in [0.1, 0.15) is 39.0 Å². The van der Waals surface area contributed by atoms with E-state index < -0.39 is 0 Å². The van der Waals surface area contributed by atoms with Crippen LogP contribution in [-0.2, 0) is 0 Å². The summed E-state index contributed by atoms with van der Waals surface area (Å²) < 4.78 is 0. The Morgan fingerprint density at radius 1 is 0.136 bits per heavy atom. The number of hydrogen-bond acceptors (Lipinski definition) is 19. The second-order valence-electron chi connectivity index (χ2n) is 25.3. The summed E-state index contributed by atoms with van der Waals surface area (Å²) in [6, 6.07) is 70.8. The first-order valence-electron chi connectivity index (χ1n) is 33.0. The lowest BCUT2D eigenvalue weighted by atomic mass is 10.1. The van der Waals surface area contributed by atoms with Gasteiger partial charge in [0.15, 0.2) is 0 Å². The van der Waals surface area contributed by atoms with Gasteiger partial charge in [-0.3, -0.25) is 0 Å². The number of thiophene rings is 19. The zero-order chi connectivity index (χ0) is 69.5. The molecule has 0 nitrogen and oxygen atoms in total. The van der Waals surface area contributed by atoms with Gasteiger partial charge in [0.25, 0.3) is 0 Å². The van der Waals surface area contributed by atoms with Gasteiger partial charge in [-0.2, -0.15) is 11.3 Å². The van der Waals surface area contributed by atoms with E-state index >= 15 is 0 Å². The molecule has 0 atom stereocenters. The topological polar surface area (TPSA) is 0 Å². The zero-order valence-corrected chi connectivity index (χ0v) is 71.7. The maximum absolute atomic E-state index is 2.54. The minimum absolute atomic E-state index is 1.29. The average molecular weight is 1670 g/mol. The fourth-order valence-electron chi connectivity index (χ4n) is 12.9. The Labute approximate surface area is 675 Å². The van der Waals surface area contributed by atoms with Crippen LogP contribution in [0, 0.1) is 55.4 Å². The summed E-state index contributed by atoms with van der Waals surface area (Å²) in [5, 5.41) is 4.85. The van der Waals surface area contributed by atoms with E-state index in [0.717, 1.165) is 0 Å². The summed E-state index contributed by atoms with van der Waals surface area (Å²) in [6.07, 6.45) is 0. The van der Waals surface area contributed by atoms with E-state index in [1.807, 2.05) is 215 Å². The molecule has 506 valence electrons. The Morgan fingerprint density at radius 2 is 0.301 bits per heavy atom. The molecule has 19 heteroatoms. The molecule has 0 aliphatic carbocycles. The van der Waals surface area contributed by atoms with Crippen molar-refractivity contribution < 1.29 is 0 Å². The summed E-state index contributed by atoms with van der Waals surface area (Å²) in [5.41, 5.74) is 10.5. The van der Waals surface area contributed by atoms with Crippen molar-refractivity contribution in [3.8, 4) is 181 Å². The fourth-order valence-corrected chi connectivity index (χ4v) is 33.6. The van der Waals surface area contributed by atoms with E-state index in [9.17, 15) is 0 Å². The molecule has 0 radical (unpaired) electrons. The van der Waals surface area contributed by atoms with Crippen LogP contribution in [0.25, 0.3) is 181 Å². The molecular weight excluding hydrogens is 1620 g/mol. The molecule has 19 aromatic heterocycles. The molecule has 0 saturated carbocycles. The van der Waals surface area contributed by atoms with Crippen molar-refractivity contribution in [2.45, 2.75) is 55.4 Å². The van der Waals surface area contributed by atoms with Crippen LogP contribution in [0.3, 0.4) is 0 Å². The average Bonchev–Trinajstić information content (AvgIpc) is 1.60. The molecule has 19 heterocycles. The maximum Gasteiger partial charge on any atom is 0.0536 e. The first kappa shape index (κ1) is 67.9. The van der Waals surface area contributed by atoms with Crippen molar-refractivity contribution in [2.75, 3.05) is 0 Å². The predicted molar refractivity (Wildman–Crippen MR) is 482 cm³/mol. The minimum atomic E-state index is 1.29. The van der Waals surface area contributed by atoms with Crippen LogP contribution in [0.4, 0.5) is 0 Å². The molecular formula is C84H56S19. The highest BCUT2D eigenvalue weighted by atomic mass is 32.2. The van der Waals surface area contributed by atoms with Gasteiger partial charge >= 0.3 is 0 Å². The Hall–Kier alpha value is -5.70. The molecule has 103 heavy (non-hydrogen) atoms. The van der Waals surface area contributed by atoms with E-state index in [1.165, 1.54) is 220 Å². The molecule has 0 amide bonds. The zero-order valence-electron chi connectivity index (χ0n) is 56.2. The van der Waals surface area contributed by atoms with Crippen molar-refractivity contribution in [1.82, 2.24) is 0 Å². The van der Waals surface area contributed by atoms with Gasteiger partial charge in [-0.25, -0.2) is 0 Å². The molecule has 0 fully saturated rings. The second-order valence-corrected chi connectivity index (χ2v) is 47.0. The molecule has 0 unspecified atom stereocenters. The lowest BCUT2D eigenvalue weighted by Crippen LogP contribution is -1.73. The summed E-state index contributed by atoms with van der Waals surface area (Å²) in [6.45, 7) is 17.8. The highest BCUT2D eigenvalue weighted by Gasteiger charge is 2.28. The monoisotopic (exact) mass is 1670 g/mol. The van der Waals surface area contributed by atoms with E-state index in [4.69, 9.17) is 0 Å². The molecule has 0 bridgehead atoms. The highest BCUT2D eigenvalue weighted by molar-refractivity contribution is 7.33. The summed E-state index contributed by atoms with van der Waals surface area (Å²) >= 11 is 36.4. The lowest BCUT2D eigenvalue weighted by Gasteiger charge is -1.99.